The van der Waals surface area contributed by atoms with Crippen molar-refractivity contribution in [1.82, 2.24) is 4.57 Å². The summed E-state index contributed by atoms with van der Waals surface area (Å²) in [6, 6.07) is 5.74. The zero-order chi connectivity index (χ0) is 16.6. The molecule has 0 unspecified atom stereocenters. The van der Waals surface area contributed by atoms with Crippen LogP contribution in [0.2, 0.25) is 0 Å². The number of aromatic carboxylic acids is 1. The molecule has 1 saturated carbocycles. The second kappa shape index (κ2) is 6.48. The Labute approximate surface area is 143 Å². The number of benzene rings is 1. The molecule has 3 rings (SSSR count). The van der Waals surface area contributed by atoms with E-state index in [1.807, 2.05) is 13.0 Å². The first-order valence-corrected chi connectivity index (χ1v) is 8.93. The van der Waals surface area contributed by atoms with E-state index in [0.29, 0.717) is 17.5 Å². The summed E-state index contributed by atoms with van der Waals surface area (Å²) < 4.78 is 3.03. The summed E-state index contributed by atoms with van der Waals surface area (Å²) in [6.07, 6.45) is 6.14. The number of nitrogens with zero attached hydrogens (tertiary/aromatic N) is 1. The highest BCUT2D eigenvalue weighted by Gasteiger charge is 2.25. The van der Waals surface area contributed by atoms with Crippen LogP contribution in [0.3, 0.4) is 0 Å². The molecule has 1 aromatic carbocycles. The molecular formula is C18H20BrNO3. The number of halogens is 1. The number of aromatic nitrogens is 1. The molecule has 1 aromatic heterocycles. The van der Waals surface area contributed by atoms with Gasteiger partial charge in [0.2, 0.25) is 5.43 Å². The maximum atomic E-state index is 12.7. The lowest BCUT2D eigenvalue weighted by atomic mass is 9.93. The van der Waals surface area contributed by atoms with Crippen LogP contribution in [0.25, 0.3) is 10.9 Å². The maximum Gasteiger partial charge on any atom is 0.341 e. The molecule has 0 spiro atoms. The first kappa shape index (κ1) is 16.2. The highest BCUT2D eigenvalue weighted by Crippen LogP contribution is 2.33. The normalized spacial score (nSPS) is 15.9. The Morgan fingerprint density at radius 1 is 1.30 bits per heavy atom. The maximum absolute atomic E-state index is 12.7. The summed E-state index contributed by atoms with van der Waals surface area (Å²) in [5, 5.41) is 10.1. The Morgan fingerprint density at radius 3 is 2.61 bits per heavy atom. The van der Waals surface area contributed by atoms with Crippen LogP contribution >= 0.6 is 15.9 Å². The van der Waals surface area contributed by atoms with Crippen LogP contribution in [0.5, 0.6) is 0 Å². The summed E-state index contributed by atoms with van der Waals surface area (Å²) in [5.74, 6) is -1.12. The van der Waals surface area contributed by atoms with Crippen molar-refractivity contribution in [1.29, 1.82) is 0 Å². The van der Waals surface area contributed by atoms with Gasteiger partial charge in [0.05, 0.1) is 5.52 Å². The minimum atomic E-state index is -1.12. The van der Waals surface area contributed by atoms with Gasteiger partial charge in [0.15, 0.2) is 0 Å². The van der Waals surface area contributed by atoms with Gasteiger partial charge in [0.25, 0.3) is 0 Å². The molecule has 0 aliphatic heterocycles. The van der Waals surface area contributed by atoms with Gasteiger partial charge in [-0.25, -0.2) is 4.79 Å². The van der Waals surface area contributed by atoms with E-state index >= 15 is 0 Å². The lowest BCUT2D eigenvalue weighted by Crippen LogP contribution is -2.27. The molecule has 23 heavy (non-hydrogen) atoms. The Morgan fingerprint density at radius 2 is 2.00 bits per heavy atom. The smallest absolute Gasteiger partial charge is 0.341 e. The van der Waals surface area contributed by atoms with Crippen LogP contribution in [0.4, 0.5) is 0 Å². The molecule has 1 heterocycles. The Bertz CT molecular complexity index is 819. The van der Waals surface area contributed by atoms with Gasteiger partial charge in [-0.2, -0.15) is 0 Å². The third-order valence-corrected chi connectivity index (χ3v) is 5.25. The molecule has 5 heteroatoms. The van der Waals surface area contributed by atoms with Crippen molar-refractivity contribution < 1.29 is 9.90 Å². The van der Waals surface area contributed by atoms with Crippen LogP contribution in [0, 0.1) is 0 Å². The molecular weight excluding hydrogens is 358 g/mol. The Hall–Kier alpha value is -1.62. The number of fused-ring (bicyclic) bond motifs is 1. The minimum Gasteiger partial charge on any atom is -0.477 e. The van der Waals surface area contributed by atoms with E-state index in [-0.39, 0.29) is 17.0 Å². The van der Waals surface area contributed by atoms with E-state index in [4.69, 9.17) is 0 Å². The number of pyridine rings is 1. The van der Waals surface area contributed by atoms with Crippen molar-refractivity contribution in [2.45, 2.75) is 51.5 Å². The number of hydrogen-bond acceptors (Lipinski definition) is 2. The molecule has 122 valence electrons. The van der Waals surface area contributed by atoms with Crippen LogP contribution in [-0.4, -0.2) is 15.6 Å². The van der Waals surface area contributed by atoms with E-state index in [1.165, 1.54) is 6.42 Å². The fraction of sp³-hybridized carbons (Fsp3) is 0.444. The summed E-state index contributed by atoms with van der Waals surface area (Å²) in [7, 11) is 0. The SMILES string of the molecule is CCc1c(C(=O)O)c(=O)c2ccc(Br)cc2n1C1CCCCC1. The monoisotopic (exact) mass is 377 g/mol. The minimum absolute atomic E-state index is 0.0621. The molecule has 0 radical (unpaired) electrons. The predicted molar refractivity (Wildman–Crippen MR) is 94.4 cm³/mol. The van der Waals surface area contributed by atoms with Crippen LogP contribution in [0.1, 0.15) is 61.1 Å². The Balaban J connectivity index is 2.41. The average molecular weight is 378 g/mol. The fourth-order valence-electron chi connectivity index (χ4n) is 3.75. The number of carboxylic acids is 1. The van der Waals surface area contributed by atoms with Crippen molar-refractivity contribution >= 4 is 32.8 Å². The van der Waals surface area contributed by atoms with Gasteiger partial charge in [-0.05, 0) is 37.5 Å². The molecule has 0 amide bonds. The molecule has 1 fully saturated rings. The number of hydrogen-bond donors (Lipinski definition) is 1. The van der Waals surface area contributed by atoms with Crippen molar-refractivity contribution in [3.8, 4) is 0 Å². The molecule has 1 aliphatic rings. The van der Waals surface area contributed by atoms with E-state index in [2.05, 4.69) is 20.5 Å². The quantitative estimate of drug-likeness (QED) is 0.854. The average Bonchev–Trinajstić information content (AvgIpc) is 2.54. The summed E-state index contributed by atoms with van der Waals surface area (Å²) in [5.41, 5.74) is 1.06. The van der Waals surface area contributed by atoms with E-state index in [0.717, 1.165) is 35.7 Å². The van der Waals surface area contributed by atoms with Crippen LogP contribution in [0.15, 0.2) is 27.5 Å². The van der Waals surface area contributed by atoms with Gasteiger partial charge in [-0.15, -0.1) is 0 Å². The third kappa shape index (κ3) is 2.82. The van der Waals surface area contributed by atoms with Crippen LogP contribution in [-0.2, 0) is 6.42 Å². The third-order valence-electron chi connectivity index (χ3n) is 4.76. The van der Waals surface area contributed by atoms with Gasteiger partial charge in [-0.1, -0.05) is 42.1 Å². The fourth-order valence-corrected chi connectivity index (χ4v) is 4.10. The van der Waals surface area contributed by atoms with Gasteiger partial charge in [0.1, 0.15) is 5.56 Å². The molecule has 4 nitrogen and oxygen atoms in total. The summed E-state index contributed by atoms with van der Waals surface area (Å²) >= 11 is 3.48. The van der Waals surface area contributed by atoms with E-state index in [9.17, 15) is 14.7 Å². The molecule has 2 aromatic rings. The number of carboxylic acid groups (broad SMARTS) is 1. The highest BCUT2D eigenvalue weighted by atomic mass is 79.9. The van der Waals surface area contributed by atoms with Crippen LogP contribution < -0.4 is 5.43 Å². The van der Waals surface area contributed by atoms with Gasteiger partial charge >= 0.3 is 5.97 Å². The lowest BCUT2D eigenvalue weighted by molar-refractivity contribution is 0.0693. The number of carbonyl (C=O) groups is 1. The predicted octanol–water partition coefficient (Wildman–Crippen LogP) is 4.53. The van der Waals surface area contributed by atoms with Crippen molar-refractivity contribution in [2.75, 3.05) is 0 Å². The second-order valence-electron chi connectivity index (χ2n) is 6.13. The van der Waals surface area contributed by atoms with Crippen molar-refractivity contribution in [2.24, 2.45) is 0 Å². The van der Waals surface area contributed by atoms with Gasteiger partial charge < -0.3 is 9.67 Å². The summed E-state index contributed by atoms with van der Waals surface area (Å²) in [6.45, 7) is 1.92. The molecule has 0 saturated heterocycles. The number of rotatable bonds is 3. The second-order valence-corrected chi connectivity index (χ2v) is 7.05. The lowest BCUT2D eigenvalue weighted by Gasteiger charge is -2.30. The molecule has 0 bridgehead atoms. The highest BCUT2D eigenvalue weighted by molar-refractivity contribution is 9.10. The molecule has 0 atom stereocenters. The van der Waals surface area contributed by atoms with E-state index < -0.39 is 5.97 Å². The standard InChI is InChI=1S/C18H20BrNO3/c1-2-14-16(18(22)23)17(21)13-9-8-11(19)10-15(13)20(14)12-6-4-3-5-7-12/h8-10,12H,2-7H2,1H3,(H,22,23). The molecule has 1 aliphatic carbocycles. The van der Waals surface area contributed by atoms with Gasteiger partial charge in [0, 0.05) is 21.6 Å². The largest absolute Gasteiger partial charge is 0.477 e. The zero-order valence-corrected chi connectivity index (χ0v) is 14.7. The summed E-state index contributed by atoms with van der Waals surface area (Å²) in [4.78, 5) is 24.4. The van der Waals surface area contributed by atoms with E-state index in [1.54, 1.807) is 12.1 Å². The van der Waals surface area contributed by atoms with Gasteiger partial charge in [-0.3, -0.25) is 4.79 Å². The van der Waals surface area contributed by atoms with Crippen molar-refractivity contribution in [3.05, 3.63) is 44.2 Å². The van der Waals surface area contributed by atoms with Crippen molar-refractivity contribution in [3.63, 3.8) is 0 Å². The first-order valence-electron chi connectivity index (χ1n) is 8.14. The Kier molecular flexibility index (Phi) is 4.57. The topological polar surface area (TPSA) is 59.3 Å². The molecule has 1 N–H and O–H groups in total. The zero-order valence-electron chi connectivity index (χ0n) is 13.1. The first-order chi connectivity index (χ1) is 11.0.